The average Bonchev–Trinajstić information content (AvgIpc) is 2.30. The van der Waals surface area contributed by atoms with Crippen molar-refractivity contribution in [2.45, 2.75) is 6.04 Å². The number of hydrogen-bond donors (Lipinski definition) is 3. The Balaban J connectivity index is 2.83. The molecule has 0 aromatic heterocycles. The molecule has 86 valence electrons. The number of nitrogens with zero attached hydrogens (tertiary/aromatic N) is 1. The Labute approximate surface area is 94.4 Å². The summed E-state index contributed by atoms with van der Waals surface area (Å²) in [5.41, 5.74) is 7.21. The second-order valence-electron chi connectivity index (χ2n) is 3.40. The number of benzene rings is 1. The first-order valence-electron chi connectivity index (χ1n) is 4.87. The van der Waals surface area contributed by atoms with Gasteiger partial charge in [0.05, 0.1) is 30.5 Å². The fourth-order valence-corrected chi connectivity index (χ4v) is 1.34. The first-order valence-corrected chi connectivity index (χ1v) is 4.87. The highest BCUT2D eigenvalue weighted by molar-refractivity contribution is 5.63. The van der Waals surface area contributed by atoms with Gasteiger partial charge in [0.15, 0.2) is 0 Å². The minimum atomic E-state index is -0.235. The fraction of sp³-hybridized carbons (Fsp3) is 0.364. The van der Waals surface area contributed by atoms with Crippen LogP contribution in [-0.2, 0) is 4.74 Å². The number of nitriles is 1. The van der Waals surface area contributed by atoms with Gasteiger partial charge in [0.25, 0.3) is 0 Å². The van der Waals surface area contributed by atoms with Crippen molar-refractivity contribution in [3.05, 3.63) is 23.8 Å². The standard InChI is InChI=1S/C11H15N3O2/c1-16-7-10(6-15)14-11-3-2-9(13)4-8(11)5-12/h2-4,10,14-15H,6-7,13H2,1H3. The molecule has 1 unspecified atom stereocenters. The van der Waals surface area contributed by atoms with E-state index in [9.17, 15) is 0 Å². The number of nitrogen functional groups attached to an aromatic ring is 1. The Hall–Kier alpha value is -1.77. The van der Waals surface area contributed by atoms with E-state index in [4.69, 9.17) is 20.8 Å². The zero-order valence-electron chi connectivity index (χ0n) is 9.10. The van der Waals surface area contributed by atoms with Crippen LogP contribution in [0.25, 0.3) is 0 Å². The molecule has 16 heavy (non-hydrogen) atoms. The number of aliphatic hydroxyl groups excluding tert-OH is 1. The second-order valence-corrected chi connectivity index (χ2v) is 3.40. The predicted molar refractivity (Wildman–Crippen MR) is 61.9 cm³/mol. The topological polar surface area (TPSA) is 91.3 Å². The molecule has 0 saturated heterocycles. The summed E-state index contributed by atoms with van der Waals surface area (Å²) in [5.74, 6) is 0. The van der Waals surface area contributed by atoms with Crippen molar-refractivity contribution in [2.75, 3.05) is 31.4 Å². The molecule has 0 saturated carbocycles. The van der Waals surface area contributed by atoms with Gasteiger partial charge in [-0.3, -0.25) is 0 Å². The SMILES string of the molecule is COCC(CO)Nc1ccc(N)cc1C#N. The van der Waals surface area contributed by atoms with E-state index in [-0.39, 0.29) is 12.6 Å². The van der Waals surface area contributed by atoms with Gasteiger partial charge in [-0.2, -0.15) is 5.26 Å². The third kappa shape index (κ3) is 3.12. The van der Waals surface area contributed by atoms with Crippen molar-refractivity contribution in [3.63, 3.8) is 0 Å². The molecule has 0 amide bonds. The van der Waals surface area contributed by atoms with Crippen LogP contribution in [0.5, 0.6) is 0 Å². The number of aliphatic hydroxyl groups is 1. The number of anilines is 2. The van der Waals surface area contributed by atoms with Gasteiger partial charge < -0.3 is 20.9 Å². The number of methoxy groups -OCH3 is 1. The zero-order valence-corrected chi connectivity index (χ0v) is 9.10. The molecule has 0 bridgehead atoms. The lowest BCUT2D eigenvalue weighted by Gasteiger charge is -2.17. The van der Waals surface area contributed by atoms with Crippen LogP contribution >= 0.6 is 0 Å². The minimum Gasteiger partial charge on any atom is -0.399 e. The predicted octanol–water partition coefficient (Wildman–Crippen LogP) is 0.560. The number of nitrogens with one attached hydrogen (secondary N) is 1. The van der Waals surface area contributed by atoms with Crippen LogP contribution in [0.1, 0.15) is 5.56 Å². The van der Waals surface area contributed by atoms with Crippen molar-refractivity contribution in [1.29, 1.82) is 5.26 Å². The van der Waals surface area contributed by atoms with Gasteiger partial charge in [-0.15, -0.1) is 0 Å². The van der Waals surface area contributed by atoms with Gasteiger partial charge in [-0.05, 0) is 18.2 Å². The van der Waals surface area contributed by atoms with E-state index < -0.39 is 0 Å². The van der Waals surface area contributed by atoms with Crippen LogP contribution in [0.4, 0.5) is 11.4 Å². The smallest absolute Gasteiger partial charge is 0.101 e. The first kappa shape index (κ1) is 12.3. The molecule has 1 aromatic rings. The van der Waals surface area contributed by atoms with Gasteiger partial charge in [0.2, 0.25) is 0 Å². The summed E-state index contributed by atoms with van der Waals surface area (Å²) in [4.78, 5) is 0. The summed E-state index contributed by atoms with van der Waals surface area (Å²) in [6, 6.07) is 6.81. The van der Waals surface area contributed by atoms with Gasteiger partial charge in [0.1, 0.15) is 6.07 Å². The molecule has 0 fully saturated rings. The largest absolute Gasteiger partial charge is 0.399 e. The third-order valence-corrected chi connectivity index (χ3v) is 2.11. The second kappa shape index (κ2) is 5.95. The maximum absolute atomic E-state index is 9.09. The molecule has 0 aliphatic rings. The molecular weight excluding hydrogens is 206 g/mol. The molecule has 0 radical (unpaired) electrons. The van der Waals surface area contributed by atoms with Crippen LogP contribution in [0, 0.1) is 11.3 Å². The monoisotopic (exact) mass is 221 g/mol. The van der Waals surface area contributed by atoms with Crippen molar-refractivity contribution in [1.82, 2.24) is 0 Å². The molecule has 1 aromatic carbocycles. The summed E-state index contributed by atoms with van der Waals surface area (Å²) in [5, 5.41) is 21.0. The van der Waals surface area contributed by atoms with Crippen LogP contribution in [0.15, 0.2) is 18.2 Å². The normalized spacial score (nSPS) is 11.8. The number of hydrogen-bond acceptors (Lipinski definition) is 5. The van der Waals surface area contributed by atoms with Crippen LogP contribution in [0.2, 0.25) is 0 Å². The molecule has 0 aliphatic heterocycles. The van der Waals surface area contributed by atoms with Crippen LogP contribution < -0.4 is 11.1 Å². The molecule has 0 aliphatic carbocycles. The molecule has 0 spiro atoms. The van der Waals surface area contributed by atoms with Gasteiger partial charge in [0, 0.05) is 12.8 Å². The summed E-state index contributed by atoms with van der Waals surface area (Å²) < 4.78 is 4.93. The van der Waals surface area contributed by atoms with Crippen molar-refractivity contribution >= 4 is 11.4 Å². The van der Waals surface area contributed by atoms with Crippen molar-refractivity contribution in [3.8, 4) is 6.07 Å². The highest BCUT2D eigenvalue weighted by atomic mass is 16.5. The van der Waals surface area contributed by atoms with E-state index in [1.54, 1.807) is 25.3 Å². The number of ether oxygens (including phenoxy) is 1. The van der Waals surface area contributed by atoms with Crippen molar-refractivity contribution < 1.29 is 9.84 Å². The van der Waals surface area contributed by atoms with Crippen molar-refractivity contribution in [2.24, 2.45) is 0 Å². The Morgan fingerprint density at radius 2 is 2.38 bits per heavy atom. The highest BCUT2D eigenvalue weighted by Crippen LogP contribution is 2.18. The lowest BCUT2D eigenvalue weighted by atomic mass is 10.1. The summed E-state index contributed by atoms with van der Waals surface area (Å²) >= 11 is 0. The van der Waals surface area contributed by atoms with Gasteiger partial charge in [-0.1, -0.05) is 0 Å². The zero-order chi connectivity index (χ0) is 12.0. The Morgan fingerprint density at radius 3 is 2.94 bits per heavy atom. The number of nitrogens with two attached hydrogens (primary N) is 1. The van der Waals surface area contributed by atoms with Gasteiger partial charge >= 0.3 is 0 Å². The minimum absolute atomic E-state index is 0.0664. The van der Waals surface area contributed by atoms with E-state index >= 15 is 0 Å². The van der Waals surface area contributed by atoms with E-state index in [0.29, 0.717) is 23.5 Å². The number of rotatable bonds is 5. The molecule has 1 rings (SSSR count). The van der Waals surface area contributed by atoms with E-state index in [2.05, 4.69) is 5.32 Å². The maximum atomic E-state index is 9.09. The summed E-state index contributed by atoms with van der Waals surface area (Å²) in [6.07, 6.45) is 0. The molecule has 1 atom stereocenters. The lowest BCUT2D eigenvalue weighted by Crippen LogP contribution is -2.29. The molecular formula is C11H15N3O2. The highest BCUT2D eigenvalue weighted by Gasteiger charge is 2.09. The Kier molecular flexibility index (Phi) is 4.58. The quantitative estimate of drug-likeness (QED) is 0.632. The average molecular weight is 221 g/mol. The van der Waals surface area contributed by atoms with Gasteiger partial charge in [-0.25, -0.2) is 0 Å². The summed E-state index contributed by atoms with van der Waals surface area (Å²) in [7, 11) is 1.55. The molecule has 0 heterocycles. The first-order chi connectivity index (χ1) is 7.71. The van der Waals surface area contributed by atoms with E-state index in [1.165, 1.54) is 0 Å². The Bertz CT molecular complexity index is 387. The molecule has 4 N–H and O–H groups in total. The van der Waals surface area contributed by atoms with E-state index in [1.807, 2.05) is 6.07 Å². The molecule has 5 nitrogen and oxygen atoms in total. The summed E-state index contributed by atoms with van der Waals surface area (Å²) in [6.45, 7) is 0.300. The third-order valence-electron chi connectivity index (χ3n) is 2.11. The van der Waals surface area contributed by atoms with Crippen LogP contribution in [-0.4, -0.2) is 31.5 Å². The maximum Gasteiger partial charge on any atom is 0.101 e. The van der Waals surface area contributed by atoms with E-state index in [0.717, 1.165) is 0 Å². The molecule has 5 heteroatoms. The Morgan fingerprint density at radius 1 is 1.62 bits per heavy atom. The lowest BCUT2D eigenvalue weighted by molar-refractivity contribution is 0.153. The van der Waals surface area contributed by atoms with Crippen LogP contribution in [0.3, 0.4) is 0 Å². The fourth-order valence-electron chi connectivity index (χ4n) is 1.34.